The number of methoxy groups -OCH3 is 1. The van der Waals surface area contributed by atoms with Gasteiger partial charge in [-0.2, -0.15) is 23.5 Å². The topological polar surface area (TPSA) is 35.2 Å². The van der Waals surface area contributed by atoms with Crippen molar-refractivity contribution in [2.75, 3.05) is 12.9 Å². The molecule has 0 amide bonds. The quantitative estimate of drug-likeness (QED) is 0.924. The van der Waals surface area contributed by atoms with Crippen molar-refractivity contribution in [3.8, 4) is 5.75 Å². The second-order valence-electron chi connectivity index (χ2n) is 5.22. The Morgan fingerprint density at radius 1 is 1.40 bits per heavy atom. The van der Waals surface area contributed by atoms with Gasteiger partial charge in [0, 0.05) is 27.5 Å². The summed E-state index contributed by atoms with van der Waals surface area (Å²) in [6, 6.07) is 5.23. The summed E-state index contributed by atoms with van der Waals surface area (Å²) in [5.41, 5.74) is 6.95. The van der Waals surface area contributed by atoms with Crippen LogP contribution in [0.25, 0.3) is 0 Å². The SMILES string of the molecule is COc1cccc(CC(N)C2CSC(C)C(C)S2)c1F. The fourth-order valence-electron chi connectivity index (χ4n) is 2.29. The minimum absolute atomic E-state index is 0.0240. The number of hydrogen-bond acceptors (Lipinski definition) is 4. The third-order valence-electron chi connectivity index (χ3n) is 3.77. The van der Waals surface area contributed by atoms with Gasteiger partial charge in [0.05, 0.1) is 7.11 Å². The Kier molecular flexibility index (Phi) is 5.64. The highest BCUT2D eigenvalue weighted by Crippen LogP contribution is 2.37. The summed E-state index contributed by atoms with van der Waals surface area (Å²) in [6.45, 7) is 4.50. The molecule has 1 aliphatic heterocycles. The summed E-state index contributed by atoms with van der Waals surface area (Å²) >= 11 is 3.90. The maximum absolute atomic E-state index is 14.1. The second kappa shape index (κ2) is 7.05. The van der Waals surface area contributed by atoms with Crippen LogP contribution in [0.2, 0.25) is 0 Å². The van der Waals surface area contributed by atoms with Crippen LogP contribution in [0.1, 0.15) is 19.4 Å². The molecule has 4 atom stereocenters. The van der Waals surface area contributed by atoms with E-state index in [-0.39, 0.29) is 11.9 Å². The van der Waals surface area contributed by atoms with E-state index in [9.17, 15) is 4.39 Å². The molecule has 20 heavy (non-hydrogen) atoms. The van der Waals surface area contributed by atoms with Crippen molar-refractivity contribution >= 4 is 23.5 Å². The van der Waals surface area contributed by atoms with Crippen LogP contribution in [-0.2, 0) is 6.42 Å². The van der Waals surface area contributed by atoms with Crippen LogP contribution in [0, 0.1) is 5.82 Å². The van der Waals surface area contributed by atoms with Crippen LogP contribution in [0.5, 0.6) is 5.75 Å². The molecule has 5 heteroatoms. The lowest BCUT2D eigenvalue weighted by Crippen LogP contribution is -2.41. The van der Waals surface area contributed by atoms with Gasteiger partial charge in [-0.3, -0.25) is 0 Å². The van der Waals surface area contributed by atoms with E-state index in [0.717, 1.165) is 5.75 Å². The van der Waals surface area contributed by atoms with E-state index in [2.05, 4.69) is 13.8 Å². The molecule has 1 saturated heterocycles. The van der Waals surface area contributed by atoms with Crippen molar-refractivity contribution in [2.24, 2.45) is 5.73 Å². The monoisotopic (exact) mass is 315 g/mol. The van der Waals surface area contributed by atoms with Crippen LogP contribution >= 0.6 is 23.5 Å². The van der Waals surface area contributed by atoms with Gasteiger partial charge in [-0.25, -0.2) is 4.39 Å². The van der Waals surface area contributed by atoms with E-state index >= 15 is 0 Å². The number of halogens is 1. The summed E-state index contributed by atoms with van der Waals surface area (Å²) in [4.78, 5) is 0. The number of rotatable bonds is 4. The zero-order valence-electron chi connectivity index (χ0n) is 12.1. The standard InChI is InChI=1S/C15H22FNOS2/c1-9-10(2)20-14(8-19-9)12(17)7-11-5-4-6-13(18-3)15(11)16/h4-6,9-10,12,14H,7-8,17H2,1-3H3. The van der Waals surface area contributed by atoms with Crippen molar-refractivity contribution in [3.63, 3.8) is 0 Å². The first kappa shape index (κ1) is 16.0. The molecule has 0 radical (unpaired) electrons. The van der Waals surface area contributed by atoms with Gasteiger partial charge in [0.15, 0.2) is 11.6 Å². The zero-order chi connectivity index (χ0) is 14.7. The Labute approximate surface area is 129 Å². The number of hydrogen-bond donors (Lipinski definition) is 1. The highest BCUT2D eigenvalue weighted by Gasteiger charge is 2.30. The molecule has 0 aromatic heterocycles. The van der Waals surface area contributed by atoms with E-state index in [1.807, 2.05) is 29.6 Å². The predicted octanol–water partition coefficient (Wildman–Crippen LogP) is 3.33. The highest BCUT2D eigenvalue weighted by atomic mass is 32.2. The molecule has 1 aromatic carbocycles. The highest BCUT2D eigenvalue weighted by molar-refractivity contribution is 8.07. The van der Waals surface area contributed by atoms with Gasteiger partial charge in [-0.1, -0.05) is 26.0 Å². The van der Waals surface area contributed by atoms with E-state index in [1.165, 1.54) is 7.11 Å². The molecule has 1 aliphatic rings. The van der Waals surface area contributed by atoms with E-state index in [4.69, 9.17) is 10.5 Å². The molecule has 0 bridgehead atoms. The molecule has 0 saturated carbocycles. The lowest BCUT2D eigenvalue weighted by Gasteiger charge is -2.34. The molecule has 2 rings (SSSR count). The third-order valence-corrected chi connectivity index (χ3v) is 7.34. The van der Waals surface area contributed by atoms with Crippen LogP contribution in [0.3, 0.4) is 0 Å². The number of thioether (sulfide) groups is 2. The summed E-state index contributed by atoms with van der Waals surface area (Å²) in [7, 11) is 1.48. The lowest BCUT2D eigenvalue weighted by molar-refractivity contribution is 0.383. The fraction of sp³-hybridized carbons (Fsp3) is 0.600. The molecule has 1 fully saturated rings. The van der Waals surface area contributed by atoms with E-state index in [0.29, 0.717) is 33.5 Å². The predicted molar refractivity (Wildman–Crippen MR) is 87.4 cm³/mol. The molecular formula is C15H22FNOS2. The number of nitrogens with two attached hydrogens (primary N) is 1. The average Bonchev–Trinajstić information content (AvgIpc) is 2.44. The maximum atomic E-state index is 14.1. The van der Waals surface area contributed by atoms with E-state index < -0.39 is 0 Å². The van der Waals surface area contributed by atoms with Crippen LogP contribution in [0.15, 0.2) is 18.2 Å². The molecule has 0 spiro atoms. The van der Waals surface area contributed by atoms with Crippen molar-refractivity contribution in [1.29, 1.82) is 0 Å². The largest absolute Gasteiger partial charge is 0.494 e. The Balaban J connectivity index is 2.03. The van der Waals surface area contributed by atoms with Gasteiger partial charge in [-0.15, -0.1) is 0 Å². The summed E-state index contributed by atoms with van der Waals surface area (Å²) in [5.74, 6) is 1.06. The van der Waals surface area contributed by atoms with Crippen molar-refractivity contribution in [3.05, 3.63) is 29.6 Å². The van der Waals surface area contributed by atoms with Crippen molar-refractivity contribution < 1.29 is 9.13 Å². The van der Waals surface area contributed by atoms with Gasteiger partial charge in [-0.05, 0) is 18.1 Å². The smallest absolute Gasteiger partial charge is 0.168 e. The minimum atomic E-state index is -0.277. The molecule has 2 N–H and O–H groups in total. The van der Waals surface area contributed by atoms with Gasteiger partial charge >= 0.3 is 0 Å². The average molecular weight is 315 g/mol. The van der Waals surface area contributed by atoms with Gasteiger partial charge in [0.25, 0.3) is 0 Å². The van der Waals surface area contributed by atoms with Crippen LogP contribution in [-0.4, -0.2) is 34.7 Å². The Morgan fingerprint density at radius 2 is 2.15 bits per heavy atom. The first-order chi connectivity index (χ1) is 9.52. The summed E-state index contributed by atoms with van der Waals surface area (Å²) in [6.07, 6.45) is 0.558. The van der Waals surface area contributed by atoms with Crippen molar-refractivity contribution in [2.45, 2.75) is 42.1 Å². The van der Waals surface area contributed by atoms with Gasteiger partial charge in [0.2, 0.25) is 0 Å². The normalized spacial score (nSPS) is 28.1. The summed E-state index contributed by atoms with van der Waals surface area (Å²) < 4.78 is 19.2. The molecule has 4 unspecified atom stereocenters. The number of benzene rings is 1. The molecule has 1 aromatic rings. The molecule has 1 heterocycles. The minimum Gasteiger partial charge on any atom is -0.494 e. The van der Waals surface area contributed by atoms with Gasteiger partial charge < -0.3 is 10.5 Å². The van der Waals surface area contributed by atoms with E-state index in [1.54, 1.807) is 12.1 Å². The Morgan fingerprint density at radius 3 is 2.80 bits per heavy atom. The molecule has 112 valence electrons. The summed E-state index contributed by atoms with van der Waals surface area (Å²) in [5, 5.41) is 1.65. The number of ether oxygens (including phenoxy) is 1. The lowest BCUT2D eigenvalue weighted by atomic mass is 10.0. The Hall–Kier alpha value is -0.390. The zero-order valence-corrected chi connectivity index (χ0v) is 13.8. The maximum Gasteiger partial charge on any atom is 0.168 e. The Bertz CT molecular complexity index is 457. The van der Waals surface area contributed by atoms with Crippen LogP contribution in [0.4, 0.5) is 4.39 Å². The second-order valence-corrected chi connectivity index (χ2v) is 8.25. The third kappa shape index (κ3) is 3.62. The van der Waals surface area contributed by atoms with Gasteiger partial charge in [0.1, 0.15) is 0 Å². The van der Waals surface area contributed by atoms with Crippen LogP contribution < -0.4 is 10.5 Å². The molecule has 2 nitrogen and oxygen atoms in total. The van der Waals surface area contributed by atoms with Crippen molar-refractivity contribution in [1.82, 2.24) is 0 Å². The molecular weight excluding hydrogens is 293 g/mol. The first-order valence-corrected chi connectivity index (χ1v) is 8.86. The molecule has 0 aliphatic carbocycles. The fourth-order valence-corrected chi connectivity index (χ4v) is 5.35. The first-order valence-electron chi connectivity index (χ1n) is 6.87.